The van der Waals surface area contributed by atoms with Gasteiger partial charge in [0.05, 0.1) is 52.6 Å². The Balaban J connectivity index is 1.93. The first-order valence-corrected chi connectivity index (χ1v) is 15.4. The van der Waals surface area contributed by atoms with E-state index in [1.54, 1.807) is 17.6 Å². The van der Waals surface area contributed by atoms with Gasteiger partial charge in [-0.25, -0.2) is 9.98 Å². The van der Waals surface area contributed by atoms with Gasteiger partial charge in [0.2, 0.25) is 5.88 Å². The second-order valence-electron chi connectivity index (χ2n) is 11.7. The molecule has 0 spiro atoms. The number of benzene rings is 1. The molecule has 0 fully saturated rings. The van der Waals surface area contributed by atoms with E-state index in [0.717, 1.165) is 5.56 Å². The minimum Gasteiger partial charge on any atom is -0.471 e. The standard InChI is InChI=1S/C28H45N7O5P/c1-21(2)39-41(36,40-22(3)4)20-38-24(16-35(7,8)9)15-34-19-29-25-26(34)31-28(30-18-33(5)6)32-27(25)37-17-23-13-11-10-12-14-23/h10-14,18-19,21-22,24H,15-17,20H2,1-9H3/q+1/b30-18+. The molecule has 3 rings (SSSR count). The van der Waals surface area contributed by atoms with Crippen LogP contribution in [0.2, 0.25) is 0 Å². The van der Waals surface area contributed by atoms with Crippen molar-refractivity contribution in [2.45, 2.75) is 59.2 Å². The zero-order valence-corrected chi connectivity index (χ0v) is 26.6. The lowest BCUT2D eigenvalue weighted by Crippen LogP contribution is -2.44. The highest BCUT2D eigenvalue weighted by Gasteiger charge is 2.31. The van der Waals surface area contributed by atoms with Crippen molar-refractivity contribution in [1.29, 1.82) is 0 Å². The van der Waals surface area contributed by atoms with E-state index in [1.807, 2.05) is 76.7 Å². The smallest absolute Gasteiger partial charge is 0.356 e. The van der Waals surface area contributed by atoms with Gasteiger partial charge < -0.3 is 32.5 Å². The van der Waals surface area contributed by atoms with Crippen molar-refractivity contribution >= 4 is 31.0 Å². The summed E-state index contributed by atoms with van der Waals surface area (Å²) in [5.74, 6) is 0.591. The second kappa shape index (κ2) is 14.3. The van der Waals surface area contributed by atoms with Crippen LogP contribution < -0.4 is 4.74 Å². The number of hydrogen-bond donors (Lipinski definition) is 0. The Labute approximate surface area is 243 Å². The molecule has 0 aliphatic rings. The third-order valence-corrected chi connectivity index (χ3v) is 7.36. The molecule has 0 radical (unpaired) electrons. The van der Waals surface area contributed by atoms with Crippen molar-refractivity contribution in [2.75, 3.05) is 48.1 Å². The average Bonchev–Trinajstić information content (AvgIpc) is 3.26. The molecule has 2 heterocycles. The van der Waals surface area contributed by atoms with Gasteiger partial charge in [0.25, 0.3) is 5.95 Å². The van der Waals surface area contributed by atoms with Crippen LogP contribution in [0.1, 0.15) is 33.3 Å². The molecule has 1 unspecified atom stereocenters. The Bertz CT molecular complexity index is 1310. The number of aliphatic imine (C=N–C) groups is 1. The van der Waals surface area contributed by atoms with E-state index in [9.17, 15) is 4.57 Å². The number of ether oxygens (including phenoxy) is 2. The van der Waals surface area contributed by atoms with Crippen LogP contribution in [0.25, 0.3) is 11.2 Å². The van der Waals surface area contributed by atoms with Crippen molar-refractivity contribution in [3.05, 3.63) is 42.2 Å². The van der Waals surface area contributed by atoms with Gasteiger partial charge >= 0.3 is 7.60 Å². The fourth-order valence-electron chi connectivity index (χ4n) is 4.01. The van der Waals surface area contributed by atoms with E-state index in [4.69, 9.17) is 18.5 Å². The fourth-order valence-corrected chi connectivity index (χ4v) is 5.86. The molecule has 1 atom stereocenters. The summed E-state index contributed by atoms with van der Waals surface area (Å²) in [6.07, 6.45) is 2.25. The van der Waals surface area contributed by atoms with E-state index >= 15 is 0 Å². The molecule has 41 heavy (non-hydrogen) atoms. The van der Waals surface area contributed by atoms with E-state index < -0.39 is 7.60 Å². The molecule has 0 saturated carbocycles. The van der Waals surface area contributed by atoms with Crippen LogP contribution in [0, 0.1) is 0 Å². The first-order valence-electron chi connectivity index (χ1n) is 13.7. The molecule has 0 bridgehead atoms. The predicted octanol–water partition coefficient (Wildman–Crippen LogP) is 4.72. The van der Waals surface area contributed by atoms with Crippen LogP contribution in [-0.2, 0) is 31.5 Å². The Morgan fingerprint density at radius 1 is 1.05 bits per heavy atom. The van der Waals surface area contributed by atoms with Crippen molar-refractivity contribution in [3.63, 3.8) is 0 Å². The fraction of sp³-hybridized carbons (Fsp3) is 0.571. The van der Waals surface area contributed by atoms with Gasteiger partial charge in [-0.1, -0.05) is 30.3 Å². The van der Waals surface area contributed by atoms with Gasteiger partial charge in [0, 0.05) is 14.1 Å². The number of hydrogen-bond acceptors (Lipinski definition) is 9. The third-order valence-electron chi connectivity index (χ3n) is 5.41. The molecule has 0 saturated heterocycles. The molecule has 13 heteroatoms. The Hall–Kier alpha value is -2.89. The zero-order valence-electron chi connectivity index (χ0n) is 25.7. The molecule has 2 aromatic heterocycles. The van der Waals surface area contributed by atoms with Crippen LogP contribution in [-0.4, -0.2) is 102 Å². The molecule has 0 N–H and O–H groups in total. The monoisotopic (exact) mass is 590 g/mol. The number of likely N-dealkylation sites (N-methyl/N-ethyl adjacent to an activating group) is 1. The maximum Gasteiger partial charge on any atom is 0.356 e. The molecule has 12 nitrogen and oxygen atoms in total. The third kappa shape index (κ3) is 10.8. The summed E-state index contributed by atoms with van der Waals surface area (Å²) < 4.78 is 39.8. The lowest BCUT2D eigenvalue weighted by atomic mass is 10.2. The van der Waals surface area contributed by atoms with Crippen molar-refractivity contribution in [2.24, 2.45) is 4.99 Å². The van der Waals surface area contributed by atoms with E-state index in [2.05, 4.69) is 41.1 Å². The summed E-state index contributed by atoms with van der Waals surface area (Å²) in [4.78, 5) is 20.0. The highest BCUT2D eigenvalue weighted by molar-refractivity contribution is 7.53. The first kappa shape index (κ1) is 32.6. The van der Waals surface area contributed by atoms with Crippen LogP contribution in [0.4, 0.5) is 5.95 Å². The number of imidazole rings is 1. The normalized spacial score (nSPS) is 13.5. The van der Waals surface area contributed by atoms with Crippen molar-refractivity contribution in [1.82, 2.24) is 24.4 Å². The quantitative estimate of drug-likeness (QED) is 0.101. The topological polar surface area (TPSA) is 113 Å². The Morgan fingerprint density at radius 3 is 2.29 bits per heavy atom. The Kier molecular flexibility index (Phi) is 11.4. The summed E-state index contributed by atoms with van der Waals surface area (Å²) in [6, 6.07) is 9.85. The van der Waals surface area contributed by atoms with Gasteiger partial charge in [0.1, 0.15) is 25.6 Å². The predicted molar refractivity (Wildman–Crippen MR) is 161 cm³/mol. The molecular formula is C28H45N7O5P+. The molecule has 1 aromatic carbocycles. The molecule has 0 aliphatic heterocycles. The number of nitrogens with zero attached hydrogens (tertiary/aromatic N) is 7. The van der Waals surface area contributed by atoms with Crippen LogP contribution in [0.15, 0.2) is 41.7 Å². The van der Waals surface area contributed by atoms with Gasteiger partial charge in [-0.05, 0) is 33.3 Å². The summed E-state index contributed by atoms with van der Waals surface area (Å²) in [7, 11) is 6.48. The summed E-state index contributed by atoms with van der Waals surface area (Å²) >= 11 is 0. The lowest BCUT2D eigenvalue weighted by molar-refractivity contribution is -0.873. The zero-order chi connectivity index (χ0) is 30.2. The highest BCUT2D eigenvalue weighted by atomic mass is 31.2. The van der Waals surface area contributed by atoms with Crippen LogP contribution in [0.5, 0.6) is 5.88 Å². The minimum absolute atomic E-state index is 0.167. The van der Waals surface area contributed by atoms with E-state index in [-0.39, 0.29) is 30.6 Å². The van der Waals surface area contributed by atoms with Gasteiger partial charge in [-0.3, -0.25) is 4.57 Å². The van der Waals surface area contributed by atoms with Crippen LogP contribution in [0.3, 0.4) is 0 Å². The van der Waals surface area contributed by atoms with Crippen LogP contribution >= 0.6 is 7.60 Å². The van der Waals surface area contributed by atoms with Crippen molar-refractivity contribution < 1.29 is 27.6 Å². The first-order chi connectivity index (χ1) is 19.2. The lowest BCUT2D eigenvalue weighted by Gasteiger charge is -2.31. The van der Waals surface area contributed by atoms with Gasteiger partial charge in [-0.2, -0.15) is 9.97 Å². The second-order valence-corrected chi connectivity index (χ2v) is 13.6. The number of quaternary nitrogens is 1. The largest absolute Gasteiger partial charge is 0.471 e. The van der Waals surface area contributed by atoms with Gasteiger partial charge in [0.15, 0.2) is 11.2 Å². The number of rotatable bonds is 16. The summed E-state index contributed by atoms with van der Waals surface area (Å²) in [5.41, 5.74) is 2.08. The van der Waals surface area contributed by atoms with Gasteiger partial charge in [-0.15, -0.1) is 0 Å². The SMILES string of the molecule is CC(C)OP(=O)(COC(Cn1cnc2c(OCc3ccccc3)nc(/N=C/N(C)C)nc21)C[N+](C)(C)C)OC(C)C. The minimum atomic E-state index is -3.49. The Morgan fingerprint density at radius 2 is 1.71 bits per heavy atom. The molecule has 3 aromatic rings. The molecule has 226 valence electrons. The van der Waals surface area contributed by atoms with Crippen molar-refractivity contribution in [3.8, 4) is 5.88 Å². The molecule has 0 amide bonds. The molecular weight excluding hydrogens is 545 g/mol. The average molecular weight is 591 g/mol. The summed E-state index contributed by atoms with van der Waals surface area (Å²) in [5, 5.41) is 0. The van der Waals surface area contributed by atoms with E-state index in [0.29, 0.717) is 41.2 Å². The van der Waals surface area contributed by atoms with E-state index in [1.165, 1.54) is 0 Å². The maximum absolute atomic E-state index is 13.5. The number of aromatic nitrogens is 4. The highest BCUT2D eigenvalue weighted by Crippen LogP contribution is 2.50. The molecule has 0 aliphatic carbocycles. The summed E-state index contributed by atoms with van der Waals surface area (Å²) in [6.45, 7) is 8.63. The number of fused-ring (bicyclic) bond motifs is 1. The maximum atomic E-state index is 13.5.